The van der Waals surface area contributed by atoms with E-state index in [-0.39, 0.29) is 0 Å². The van der Waals surface area contributed by atoms with Crippen LogP contribution in [-0.2, 0) is 0 Å². The molecule has 0 bridgehead atoms. The summed E-state index contributed by atoms with van der Waals surface area (Å²) in [6, 6.07) is 8.91. The zero-order valence-corrected chi connectivity index (χ0v) is 9.09. The fraction of sp³-hybridized carbons (Fsp3) is 0.538. The van der Waals surface area contributed by atoms with Gasteiger partial charge in [0.25, 0.3) is 0 Å². The topological polar surface area (TPSA) is 12.0 Å². The highest BCUT2D eigenvalue weighted by molar-refractivity contribution is 5.34. The van der Waals surface area contributed by atoms with Crippen LogP contribution in [0.1, 0.15) is 43.2 Å². The Morgan fingerprint density at radius 3 is 2.64 bits per heavy atom. The number of fused-ring (bicyclic) bond motifs is 1. The van der Waals surface area contributed by atoms with Gasteiger partial charge in [-0.05, 0) is 29.4 Å². The number of hydrogen-bond donors (Lipinski definition) is 1. The van der Waals surface area contributed by atoms with Crippen molar-refractivity contribution in [1.29, 1.82) is 0 Å². The number of hydrogen-bond acceptors (Lipinski definition) is 1. The van der Waals surface area contributed by atoms with Gasteiger partial charge in [-0.1, -0.05) is 38.1 Å². The molecule has 2 atom stereocenters. The monoisotopic (exact) mass is 189 g/mol. The van der Waals surface area contributed by atoms with Gasteiger partial charge in [-0.2, -0.15) is 0 Å². The zero-order chi connectivity index (χ0) is 9.97. The van der Waals surface area contributed by atoms with E-state index in [1.165, 1.54) is 6.42 Å². The third kappa shape index (κ3) is 1.69. The highest BCUT2D eigenvalue weighted by atomic mass is 14.9. The van der Waals surface area contributed by atoms with Crippen molar-refractivity contribution in [2.75, 3.05) is 13.1 Å². The molecule has 0 spiro atoms. The van der Waals surface area contributed by atoms with E-state index in [4.69, 9.17) is 0 Å². The van der Waals surface area contributed by atoms with Crippen molar-refractivity contribution in [1.82, 2.24) is 5.32 Å². The smallest absolute Gasteiger partial charge is 0.00203 e. The third-order valence-electron chi connectivity index (χ3n) is 3.30. The average Bonchev–Trinajstić information content (AvgIpc) is 2.39. The molecule has 0 aromatic heterocycles. The van der Waals surface area contributed by atoms with Crippen LogP contribution in [-0.4, -0.2) is 13.1 Å². The molecule has 2 unspecified atom stereocenters. The first-order chi connectivity index (χ1) is 6.83. The van der Waals surface area contributed by atoms with Crippen molar-refractivity contribution in [3.63, 3.8) is 0 Å². The normalized spacial score (nSPS) is 26.7. The molecule has 1 aromatic rings. The molecule has 1 aromatic carbocycles. The first kappa shape index (κ1) is 9.72. The Balaban J connectivity index is 2.41. The largest absolute Gasteiger partial charge is 0.316 e. The molecule has 0 amide bonds. The molecule has 1 aliphatic rings. The summed E-state index contributed by atoms with van der Waals surface area (Å²) in [6.45, 7) is 6.84. The molecule has 0 aliphatic carbocycles. The van der Waals surface area contributed by atoms with Gasteiger partial charge < -0.3 is 5.32 Å². The minimum absolute atomic E-state index is 0.655. The van der Waals surface area contributed by atoms with Gasteiger partial charge in [-0.25, -0.2) is 0 Å². The fourth-order valence-corrected chi connectivity index (χ4v) is 2.39. The third-order valence-corrected chi connectivity index (χ3v) is 3.30. The lowest BCUT2D eigenvalue weighted by atomic mass is 9.89. The molecule has 14 heavy (non-hydrogen) atoms. The quantitative estimate of drug-likeness (QED) is 0.716. The lowest BCUT2D eigenvalue weighted by Gasteiger charge is -2.16. The van der Waals surface area contributed by atoms with Crippen LogP contribution in [0.5, 0.6) is 0 Å². The van der Waals surface area contributed by atoms with Gasteiger partial charge in [0.05, 0.1) is 0 Å². The summed E-state index contributed by atoms with van der Waals surface area (Å²) in [7, 11) is 0. The Morgan fingerprint density at radius 1 is 1.21 bits per heavy atom. The van der Waals surface area contributed by atoms with Gasteiger partial charge >= 0.3 is 0 Å². The van der Waals surface area contributed by atoms with Crippen molar-refractivity contribution < 1.29 is 0 Å². The molecular formula is C13H19N. The molecular weight excluding hydrogens is 170 g/mol. The van der Waals surface area contributed by atoms with Gasteiger partial charge in [0.2, 0.25) is 0 Å². The molecule has 2 rings (SSSR count). The highest BCUT2D eigenvalue weighted by Gasteiger charge is 2.20. The molecule has 1 heteroatoms. The molecule has 76 valence electrons. The summed E-state index contributed by atoms with van der Waals surface area (Å²) in [5, 5.41) is 3.54. The van der Waals surface area contributed by atoms with Crippen LogP contribution in [0.3, 0.4) is 0 Å². The van der Waals surface area contributed by atoms with Crippen LogP contribution < -0.4 is 5.32 Å². The first-order valence-electron chi connectivity index (χ1n) is 5.62. The van der Waals surface area contributed by atoms with Gasteiger partial charge in [0, 0.05) is 13.1 Å². The minimum Gasteiger partial charge on any atom is -0.316 e. The van der Waals surface area contributed by atoms with E-state index in [0.29, 0.717) is 11.8 Å². The summed E-state index contributed by atoms with van der Waals surface area (Å²) in [4.78, 5) is 0. The maximum absolute atomic E-state index is 3.54. The predicted octanol–water partition coefficient (Wildman–Crippen LogP) is 2.89. The van der Waals surface area contributed by atoms with Crippen LogP contribution in [0.15, 0.2) is 24.3 Å². The minimum atomic E-state index is 0.655. The highest BCUT2D eigenvalue weighted by Crippen LogP contribution is 2.30. The average molecular weight is 189 g/mol. The molecule has 1 N–H and O–H groups in total. The fourth-order valence-electron chi connectivity index (χ4n) is 2.39. The van der Waals surface area contributed by atoms with Crippen LogP contribution in [0.4, 0.5) is 0 Å². The maximum Gasteiger partial charge on any atom is 0.00203 e. The van der Waals surface area contributed by atoms with Crippen LogP contribution in [0.2, 0.25) is 0 Å². The summed E-state index contributed by atoms with van der Waals surface area (Å²) < 4.78 is 0. The van der Waals surface area contributed by atoms with Gasteiger partial charge in [-0.15, -0.1) is 0 Å². The van der Waals surface area contributed by atoms with E-state index in [2.05, 4.69) is 43.4 Å². The van der Waals surface area contributed by atoms with Crippen molar-refractivity contribution in [3.05, 3.63) is 35.4 Å². The molecule has 0 fully saturated rings. The van der Waals surface area contributed by atoms with Crippen LogP contribution >= 0.6 is 0 Å². The molecule has 0 radical (unpaired) electrons. The Morgan fingerprint density at radius 2 is 1.93 bits per heavy atom. The standard InChI is InChI=1S/C13H19N/c1-3-11-9-14-8-10(2)12-6-4-5-7-13(11)12/h4-7,10-11,14H,3,8-9H2,1-2H3. The zero-order valence-electron chi connectivity index (χ0n) is 9.09. The lowest BCUT2D eigenvalue weighted by Crippen LogP contribution is -2.21. The molecule has 1 heterocycles. The van der Waals surface area contributed by atoms with E-state index in [9.17, 15) is 0 Å². The van der Waals surface area contributed by atoms with Crippen molar-refractivity contribution in [3.8, 4) is 0 Å². The SMILES string of the molecule is CCC1CNCC(C)c2ccccc21. The summed E-state index contributed by atoms with van der Waals surface area (Å²) in [6.07, 6.45) is 1.23. The van der Waals surface area contributed by atoms with Crippen molar-refractivity contribution in [2.45, 2.75) is 32.1 Å². The second-order valence-corrected chi connectivity index (χ2v) is 4.29. The number of benzene rings is 1. The molecule has 1 aliphatic heterocycles. The summed E-state index contributed by atoms with van der Waals surface area (Å²) >= 11 is 0. The lowest BCUT2D eigenvalue weighted by molar-refractivity contribution is 0.577. The molecule has 0 saturated carbocycles. The molecule has 0 saturated heterocycles. The van der Waals surface area contributed by atoms with E-state index < -0.39 is 0 Å². The Bertz CT molecular complexity index is 306. The number of nitrogens with one attached hydrogen (secondary N) is 1. The predicted molar refractivity (Wildman–Crippen MR) is 60.8 cm³/mol. The van der Waals surface area contributed by atoms with E-state index in [1.54, 1.807) is 11.1 Å². The van der Waals surface area contributed by atoms with Crippen molar-refractivity contribution in [2.24, 2.45) is 0 Å². The Kier molecular flexibility index (Phi) is 2.87. The van der Waals surface area contributed by atoms with E-state index >= 15 is 0 Å². The summed E-state index contributed by atoms with van der Waals surface area (Å²) in [5.74, 6) is 1.36. The van der Waals surface area contributed by atoms with Crippen LogP contribution in [0.25, 0.3) is 0 Å². The van der Waals surface area contributed by atoms with Gasteiger partial charge in [0.15, 0.2) is 0 Å². The van der Waals surface area contributed by atoms with Crippen molar-refractivity contribution >= 4 is 0 Å². The Hall–Kier alpha value is -0.820. The molecule has 1 nitrogen and oxygen atoms in total. The van der Waals surface area contributed by atoms with Gasteiger partial charge in [0.1, 0.15) is 0 Å². The summed E-state index contributed by atoms with van der Waals surface area (Å²) in [5.41, 5.74) is 3.11. The van der Waals surface area contributed by atoms with E-state index in [0.717, 1.165) is 13.1 Å². The van der Waals surface area contributed by atoms with Gasteiger partial charge in [-0.3, -0.25) is 0 Å². The van der Waals surface area contributed by atoms with Crippen LogP contribution in [0, 0.1) is 0 Å². The van der Waals surface area contributed by atoms with E-state index in [1.807, 2.05) is 0 Å². The number of rotatable bonds is 1. The first-order valence-corrected chi connectivity index (χ1v) is 5.62. The Labute approximate surface area is 86.5 Å². The second kappa shape index (κ2) is 4.14. The maximum atomic E-state index is 3.54. The second-order valence-electron chi connectivity index (χ2n) is 4.29.